The highest BCUT2D eigenvalue weighted by Crippen LogP contribution is 2.24. The molecule has 11 heavy (non-hydrogen) atoms. The van der Waals surface area contributed by atoms with Gasteiger partial charge in [-0.2, -0.15) is 0 Å². The Balaban J connectivity index is 2.34. The standard InChI is InChI=1S/C9H12N2/c1-7-5-8-3-4-10-6-9(8)11(7)2/h3,5-6,9H,4H2,1-2H3. The van der Waals surface area contributed by atoms with Crippen LogP contribution in [0, 0.1) is 0 Å². The van der Waals surface area contributed by atoms with Gasteiger partial charge in [-0.05, 0) is 18.6 Å². The summed E-state index contributed by atoms with van der Waals surface area (Å²) in [6.45, 7) is 2.98. The molecule has 0 radical (unpaired) electrons. The summed E-state index contributed by atoms with van der Waals surface area (Å²) in [4.78, 5) is 6.47. The molecule has 2 rings (SSSR count). The zero-order chi connectivity index (χ0) is 7.84. The molecule has 0 N–H and O–H groups in total. The number of likely N-dealkylation sites (N-methyl/N-ethyl adjacent to an activating group) is 1. The Morgan fingerprint density at radius 2 is 2.45 bits per heavy atom. The van der Waals surface area contributed by atoms with Crippen molar-refractivity contribution < 1.29 is 0 Å². The van der Waals surface area contributed by atoms with Crippen molar-refractivity contribution in [2.45, 2.75) is 13.0 Å². The van der Waals surface area contributed by atoms with Gasteiger partial charge in [-0.1, -0.05) is 6.08 Å². The van der Waals surface area contributed by atoms with Gasteiger partial charge in [-0.3, -0.25) is 4.99 Å². The smallest absolute Gasteiger partial charge is 0.0885 e. The Hall–Kier alpha value is -1.05. The highest BCUT2D eigenvalue weighted by molar-refractivity contribution is 5.74. The second-order valence-corrected chi connectivity index (χ2v) is 3.06. The maximum absolute atomic E-state index is 4.23. The molecule has 0 bridgehead atoms. The summed E-state index contributed by atoms with van der Waals surface area (Å²) in [5.74, 6) is 0. The van der Waals surface area contributed by atoms with Crippen molar-refractivity contribution in [1.82, 2.24) is 4.90 Å². The van der Waals surface area contributed by atoms with Gasteiger partial charge in [0.2, 0.25) is 0 Å². The molecular formula is C9H12N2. The first-order chi connectivity index (χ1) is 5.29. The normalized spacial score (nSPS) is 28.2. The number of hydrogen-bond donors (Lipinski definition) is 0. The zero-order valence-electron chi connectivity index (χ0n) is 6.91. The first-order valence-electron chi connectivity index (χ1n) is 3.90. The number of fused-ring (bicyclic) bond motifs is 1. The Labute approximate surface area is 66.9 Å². The van der Waals surface area contributed by atoms with Crippen LogP contribution in [0.5, 0.6) is 0 Å². The molecule has 0 aromatic rings. The van der Waals surface area contributed by atoms with E-state index in [2.05, 4.69) is 36.0 Å². The molecule has 0 saturated carbocycles. The molecule has 2 heterocycles. The van der Waals surface area contributed by atoms with Crippen molar-refractivity contribution in [3.8, 4) is 0 Å². The minimum atomic E-state index is 0.420. The summed E-state index contributed by atoms with van der Waals surface area (Å²) in [5.41, 5.74) is 2.73. The van der Waals surface area contributed by atoms with Crippen molar-refractivity contribution in [2.75, 3.05) is 13.6 Å². The average Bonchev–Trinajstić information content (AvgIpc) is 2.30. The third kappa shape index (κ3) is 0.897. The van der Waals surface area contributed by atoms with Gasteiger partial charge in [-0.25, -0.2) is 0 Å². The van der Waals surface area contributed by atoms with E-state index in [9.17, 15) is 0 Å². The van der Waals surface area contributed by atoms with Crippen LogP contribution >= 0.6 is 0 Å². The van der Waals surface area contributed by atoms with Crippen LogP contribution in [-0.2, 0) is 0 Å². The van der Waals surface area contributed by atoms with Crippen LogP contribution in [0.4, 0.5) is 0 Å². The Morgan fingerprint density at radius 1 is 1.64 bits per heavy atom. The van der Waals surface area contributed by atoms with Crippen LogP contribution < -0.4 is 0 Å². The molecule has 0 aromatic carbocycles. The van der Waals surface area contributed by atoms with E-state index in [-0.39, 0.29) is 0 Å². The molecule has 2 aliphatic rings. The first kappa shape index (κ1) is 6.65. The van der Waals surface area contributed by atoms with Crippen molar-refractivity contribution >= 4 is 6.21 Å². The maximum atomic E-state index is 4.23. The van der Waals surface area contributed by atoms with Crippen molar-refractivity contribution in [2.24, 2.45) is 4.99 Å². The molecule has 58 valence electrons. The van der Waals surface area contributed by atoms with Gasteiger partial charge in [0.05, 0.1) is 12.6 Å². The number of hydrogen-bond acceptors (Lipinski definition) is 2. The molecular weight excluding hydrogens is 136 g/mol. The minimum absolute atomic E-state index is 0.420. The van der Waals surface area contributed by atoms with E-state index in [1.165, 1.54) is 11.3 Å². The summed E-state index contributed by atoms with van der Waals surface area (Å²) in [6, 6.07) is 0.420. The van der Waals surface area contributed by atoms with E-state index >= 15 is 0 Å². The summed E-state index contributed by atoms with van der Waals surface area (Å²) < 4.78 is 0. The lowest BCUT2D eigenvalue weighted by Gasteiger charge is -2.22. The number of aliphatic imine (C=N–C) groups is 1. The monoisotopic (exact) mass is 148 g/mol. The fourth-order valence-electron chi connectivity index (χ4n) is 1.56. The van der Waals surface area contributed by atoms with Crippen LogP contribution in [0.3, 0.4) is 0 Å². The third-order valence-corrected chi connectivity index (χ3v) is 2.37. The van der Waals surface area contributed by atoms with Crippen LogP contribution in [-0.4, -0.2) is 30.7 Å². The molecule has 2 aliphatic heterocycles. The lowest BCUT2D eigenvalue weighted by atomic mass is 10.1. The third-order valence-electron chi connectivity index (χ3n) is 2.37. The topological polar surface area (TPSA) is 15.6 Å². The highest BCUT2D eigenvalue weighted by Gasteiger charge is 2.23. The van der Waals surface area contributed by atoms with E-state index in [4.69, 9.17) is 0 Å². The lowest BCUT2D eigenvalue weighted by Crippen LogP contribution is -2.29. The lowest BCUT2D eigenvalue weighted by molar-refractivity contribution is 0.435. The average molecular weight is 148 g/mol. The fraction of sp³-hybridized carbons (Fsp3) is 0.444. The predicted molar refractivity (Wildman–Crippen MR) is 46.8 cm³/mol. The molecule has 2 nitrogen and oxygen atoms in total. The molecule has 1 atom stereocenters. The van der Waals surface area contributed by atoms with E-state index in [0.717, 1.165) is 6.54 Å². The molecule has 0 spiro atoms. The second-order valence-electron chi connectivity index (χ2n) is 3.06. The molecule has 2 heteroatoms. The Morgan fingerprint density at radius 3 is 3.18 bits per heavy atom. The first-order valence-corrected chi connectivity index (χ1v) is 3.90. The van der Waals surface area contributed by atoms with Crippen molar-refractivity contribution in [3.63, 3.8) is 0 Å². The minimum Gasteiger partial charge on any atom is -0.366 e. The summed E-state index contributed by atoms with van der Waals surface area (Å²) in [5, 5.41) is 0. The molecule has 0 saturated heterocycles. The van der Waals surface area contributed by atoms with Crippen LogP contribution in [0.25, 0.3) is 0 Å². The van der Waals surface area contributed by atoms with E-state index < -0.39 is 0 Å². The number of rotatable bonds is 0. The van der Waals surface area contributed by atoms with Gasteiger partial charge in [0.25, 0.3) is 0 Å². The second kappa shape index (κ2) is 2.22. The van der Waals surface area contributed by atoms with E-state index in [0.29, 0.717) is 6.04 Å². The molecule has 0 amide bonds. The Bertz CT molecular complexity index is 261. The summed E-state index contributed by atoms with van der Waals surface area (Å²) in [7, 11) is 2.11. The summed E-state index contributed by atoms with van der Waals surface area (Å²) >= 11 is 0. The van der Waals surface area contributed by atoms with Gasteiger partial charge in [0, 0.05) is 19.0 Å². The fourth-order valence-corrected chi connectivity index (χ4v) is 1.56. The van der Waals surface area contributed by atoms with E-state index in [1.54, 1.807) is 0 Å². The van der Waals surface area contributed by atoms with Gasteiger partial charge < -0.3 is 4.90 Å². The van der Waals surface area contributed by atoms with Crippen LogP contribution in [0.2, 0.25) is 0 Å². The maximum Gasteiger partial charge on any atom is 0.0885 e. The van der Waals surface area contributed by atoms with Gasteiger partial charge in [0.15, 0.2) is 0 Å². The zero-order valence-corrected chi connectivity index (χ0v) is 6.91. The molecule has 0 aliphatic carbocycles. The highest BCUT2D eigenvalue weighted by atomic mass is 15.2. The summed E-state index contributed by atoms with van der Waals surface area (Å²) in [6.07, 6.45) is 6.45. The SMILES string of the molecule is CC1=CC2=CCN=CC2N1C. The quantitative estimate of drug-likeness (QED) is 0.504. The number of nitrogens with zero attached hydrogens (tertiary/aromatic N) is 2. The molecule has 0 aromatic heterocycles. The van der Waals surface area contributed by atoms with Gasteiger partial charge in [-0.15, -0.1) is 0 Å². The number of allylic oxidation sites excluding steroid dienone is 1. The van der Waals surface area contributed by atoms with Gasteiger partial charge in [0.1, 0.15) is 0 Å². The molecule has 0 fully saturated rings. The van der Waals surface area contributed by atoms with Crippen molar-refractivity contribution in [1.29, 1.82) is 0 Å². The number of dihydropyridines is 1. The van der Waals surface area contributed by atoms with Crippen molar-refractivity contribution in [3.05, 3.63) is 23.4 Å². The predicted octanol–water partition coefficient (Wildman–Crippen LogP) is 1.22. The van der Waals surface area contributed by atoms with E-state index in [1.807, 2.05) is 6.21 Å². The Kier molecular flexibility index (Phi) is 1.34. The van der Waals surface area contributed by atoms with Gasteiger partial charge >= 0.3 is 0 Å². The van der Waals surface area contributed by atoms with Crippen LogP contribution in [0.15, 0.2) is 28.4 Å². The molecule has 1 unspecified atom stereocenters. The van der Waals surface area contributed by atoms with Crippen LogP contribution in [0.1, 0.15) is 6.92 Å². The largest absolute Gasteiger partial charge is 0.366 e.